The van der Waals surface area contributed by atoms with Gasteiger partial charge in [0.05, 0.1) is 26.8 Å². The molecule has 42 heavy (non-hydrogen) atoms. The highest BCUT2D eigenvalue weighted by Crippen LogP contribution is 2.44. The van der Waals surface area contributed by atoms with E-state index in [2.05, 4.69) is 29.6 Å². The number of primary amides is 1. The lowest BCUT2D eigenvalue weighted by Gasteiger charge is -2.23. The number of nitrogens with two attached hydrogens (primary N) is 2. The second-order valence-electron chi connectivity index (χ2n) is 9.71. The smallest absolute Gasteiger partial charge is 0.407 e. The summed E-state index contributed by atoms with van der Waals surface area (Å²) in [7, 11) is 3.12. The lowest BCUT2D eigenvalue weighted by atomic mass is 9.97. The fraction of sp³-hybridized carbons (Fsp3) is 0.182. The molecule has 0 heterocycles. The largest absolute Gasteiger partial charge is 0.497 e. The van der Waals surface area contributed by atoms with Crippen molar-refractivity contribution in [1.29, 1.82) is 0 Å². The Kier molecular flexibility index (Phi) is 8.59. The Morgan fingerprint density at radius 3 is 2.05 bits per heavy atom. The Bertz CT molecular complexity index is 1530. The molecule has 0 bridgehead atoms. The van der Waals surface area contributed by atoms with Gasteiger partial charge in [0, 0.05) is 17.5 Å². The normalized spacial score (nSPS) is 13.3. The SMILES string of the molecule is COc1ccc(C(NC(=O)OCC2c3ccccc3-c3ccccc32)c2ccc(OC([CH]N)C(N)=O)cc2)c(OC)c1. The number of ether oxygens (including phenoxy) is 4. The minimum absolute atomic E-state index is 0.0777. The maximum atomic E-state index is 13.3. The lowest BCUT2D eigenvalue weighted by molar-refractivity contribution is -0.123. The number of benzene rings is 4. The highest BCUT2D eigenvalue weighted by molar-refractivity contribution is 5.80. The molecule has 0 fully saturated rings. The molecule has 2 unspecified atom stereocenters. The van der Waals surface area contributed by atoms with Crippen LogP contribution >= 0.6 is 0 Å². The standard InChI is InChI=1S/C33H32N3O6/c1-39-22-15-16-27(29(17-22)40-2)31(20-11-13-21(14-12-20)42-30(18-34)32(35)37)36-33(38)41-19-28-25-9-5-3-7-23(25)24-8-4-6-10-26(24)28/h3-18,28,30-31H,19,34H2,1-2H3,(H2,35,37)(H,36,38). The van der Waals surface area contributed by atoms with Crippen molar-refractivity contribution in [2.45, 2.75) is 18.1 Å². The van der Waals surface area contributed by atoms with E-state index in [0.29, 0.717) is 28.4 Å². The quantitative estimate of drug-likeness (QED) is 0.240. The van der Waals surface area contributed by atoms with Crippen LogP contribution in [-0.4, -0.2) is 38.9 Å². The van der Waals surface area contributed by atoms with E-state index in [-0.39, 0.29) is 12.5 Å². The third kappa shape index (κ3) is 5.87. The average Bonchev–Trinajstić information content (AvgIpc) is 3.35. The Hall–Kier alpha value is -5.02. The van der Waals surface area contributed by atoms with Crippen LogP contribution < -0.4 is 31.0 Å². The molecule has 0 spiro atoms. The highest BCUT2D eigenvalue weighted by atomic mass is 16.5. The molecule has 5 N–H and O–H groups in total. The Balaban J connectivity index is 1.39. The van der Waals surface area contributed by atoms with Crippen molar-refractivity contribution in [1.82, 2.24) is 5.32 Å². The topological polar surface area (TPSA) is 135 Å². The van der Waals surface area contributed by atoms with Gasteiger partial charge < -0.3 is 35.7 Å². The van der Waals surface area contributed by atoms with Crippen molar-refractivity contribution >= 4 is 12.0 Å². The molecule has 215 valence electrons. The van der Waals surface area contributed by atoms with Gasteiger partial charge in [0.15, 0.2) is 6.10 Å². The van der Waals surface area contributed by atoms with Crippen LogP contribution in [0.4, 0.5) is 4.79 Å². The number of carbonyl (C=O) groups is 2. The molecule has 5 rings (SSSR count). The summed E-state index contributed by atoms with van der Waals surface area (Å²) in [6, 6.07) is 27.9. The van der Waals surface area contributed by atoms with Crippen LogP contribution in [0, 0.1) is 6.54 Å². The van der Waals surface area contributed by atoms with Gasteiger partial charge in [0.1, 0.15) is 23.9 Å². The van der Waals surface area contributed by atoms with E-state index in [9.17, 15) is 9.59 Å². The number of rotatable bonds is 11. The third-order valence-electron chi connectivity index (χ3n) is 7.29. The number of alkyl carbamates (subject to hydrolysis) is 1. The Morgan fingerprint density at radius 2 is 1.48 bits per heavy atom. The summed E-state index contributed by atoms with van der Waals surface area (Å²) in [5, 5.41) is 3.00. The van der Waals surface area contributed by atoms with Gasteiger partial charge in [-0.3, -0.25) is 4.79 Å². The number of hydrogen-bond donors (Lipinski definition) is 3. The van der Waals surface area contributed by atoms with E-state index >= 15 is 0 Å². The number of carbonyl (C=O) groups excluding carboxylic acids is 2. The lowest BCUT2D eigenvalue weighted by Crippen LogP contribution is -2.36. The van der Waals surface area contributed by atoms with Crippen LogP contribution in [0.3, 0.4) is 0 Å². The van der Waals surface area contributed by atoms with E-state index in [1.54, 1.807) is 50.6 Å². The summed E-state index contributed by atoms with van der Waals surface area (Å²) in [5.74, 6) is 0.719. The monoisotopic (exact) mass is 566 g/mol. The molecular weight excluding hydrogens is 534 g/mol. The molecular formula is C33H32N3O6. The summed E-state index contributed by atoms with van der Waals surface area (Å²) < 4.78 is 22.4. The number of amides is 2. The van der Waals surface area contributed by atoms with Gasteiger partial charge in [0.25, 0.3) is 5.91 Å². The van der Waals surface area contributed by atoms with Crippen molar-refractivity contribution in [3.63, 3.8) is 0 Å². The summed E-state index contributed by atoms with van der Waals surface area (Å²) in [5.41, 5.74) is 16.7. The molecule has 1 radical (unpaired) electrons. The van der Waals surface area contributed by atoms with Crippen LogP contribution in [0.15, 0.2) is 91.0 Å². The summed E-state index contributed by atoms with van der Waals surface area (Å²) >= 11 is 0. The first kappa shape index (κ1) is 28.5. The first-order chi connectivity index (χ1) is 20.4. The summed E-state index contributed by atoms with van der Waals surface area (Å²) in [4.78, 5) is 24.9. The second kappa shape index (κ2) is 12.7. The average molecular weight is 567 g/mol. The van der Waals surface area contributed by atoms with Crippen LogP contribution in [0.5, 0.6) is 17.2 Å². The van der Waals surface area contributed by atoms with E-state index < -0.39 is 24.1 Å². The predicted molar refractivity (Wildman–Crippen MR) is 158 cm³/mol. The van der Waals surface area contributed by atoms with Crippen molar-refractivity contribution in [3.05, 3.63) is 120 Å². The number of methoxy groups -OCH3 is 2. The molecule has 1 aliphatic rings. The van der Waals surface area contributed by atoms with Crippen molar-refractivity contribution < 1.29 is 28.5 Å². The molecule has 1 aliphatic carbocycles. The first-order valence-corrected chi connectivity index (χ1v) is 13.4. The van der Waals surface area contributed by atoms with E-state index in [4.69, 9.17) is 30.4 Å². The van der Waals surface area contributed by atoms with Gasteiger partial charge in [-0.15, -0.1) is 0 Å². The van der Waals surface area contributed by atoms with Crippen LogP contribution in [0.1, 0.15) is 34.2 Å². The Morgan fingerprint density at radius 1 is 0.857 bits per heavy atom. The molecule has 0 aliphatic heterocycles. The van der Waals surface area contributed by atoms with Gasteiger partial charge in [-0.1, -0.05) is 60.7 Å². The van der Waals surface area contributed by atoms with Gasteiger partial charge in [-0.2, -0.15) is 0 Å². The van der Waals surface area contributed by atoms with Gasteiger partial charge >= 0.3 is 6.09 Å². The van der Waals surface area contributed by atoms with E-state index in [1.807, 2.05) is 30.3 Å². The molecule has 4 aromatic carbocycles. The minimum Gasteiger partial charge on any atom is -0.497 e. The Labute approximate surface area is 244 Å². The van der Waals surface area contributed by atoms with Gasteiger partial charge in [-0.25, -0.2) is 4.79 Å². The molecule has 0 saturated carbocycles. The van der Waals surface area contributed by atoms with E-state index in [1.165, 1.54) is 0 Å². The molecule has 0 saturated heterocycles. The summed E-state index contributed by atoms with van der Waals surface area (Å²) in [6.45, 7) is 1.25. The van der Waals surface area contributed by atoms with Crippen LogP contribution in [0.25, 0.3) is 11.1 Å². The van der Waals surface area contributed by atoms with Gasteiger partial charge in [0.2, 0.25) is 0 Å². The highest BCUT2D eigenvalue weighted by Gasteiger charge is 2.30. The zero-order valence-electron chi connectivity index (χ0n) is 23.3. The number of fused-ring (bicyclic) bond motifs is 3. The maximum absolute atomic E-state index is 13.3. The van der Waals surface area contributed by atoms with E-state index in [0.717, 1.165) is 28.8 Å². The zero-order chi connectivity index (χ0) is 29.6. The van der Waals surface area contributed by atoms with Crippen molar-refractivity contribution in [2.75, 3.05) is 20.8 Å². The fourth-order valence-electron chi connectivity index (χ4n) is 5.23. The molecule has 9 nitrogen and oxygen atoms in total. The first-order valence-electron chi connectivity index (χ1n) is 13.4. The zero-order valence-corrected chi connectivity index (χ0v) is 23.3. The van der Waals surface area contributed by atoms with Crippen molar-refractivity contribution in [2.24, 2.45) is 11.5 Å². The molecule has 0 aromatic heterocycles. The number of nitrogens with one attached hydrogen (secondary N) is 1. The maximum Gasteiger partial charge on any atom is 0.407 e. The van der Waals surface area contributed by atoms with Crippen LogP contribution in [-0.2, 0) is 9.53 Å². The summed E-state index contributed by atoms with van der Waals surface area (Å²) in [6.07, 6.45) is -1.67. The molecule has 2 atom stereocenters. The predicted octanol–water partition coefficient (Wildman–Crippen LogP) is 4.69. The number of hydrogen-bond acceptors (Lipinski definition) is 7. The second-order valence-corrected chi connectivity index (χ2v) is 9.71. The third-order valence-corrected chi connectivity index (χ3v) is 7.29. The molecule has 9 heteroatoms. The van der Waals surface area contributed by atoms with Crippen molar-refractivity contribution in [3.8, 4) is 28.4 Å². The fourth-order valence-corrected chi connectivity index (χ4v) is 5.23. The molecule has 2 amide bonds. The van der Waals surface area contributed by atoms with Crippen LogP contribution in [0.2, 0.25) is 0 Å². The molecule has 4 aromatic rings. The van der Waals surface area contributed by atoms with Gasteiger partial charge in [-0.05, 0) is 52.1 Å². The minimum atomic E-state index is -1.08.